The van der Waals surface area contributed by atoms with Crippen LogP contribution < -0.4 is 11.1 Å². The van der Waals surface area contributed by atoms with E-state index in [2.05, 4.69) is 21.2 Å². The van der Waals surface area contributed by atoms with Gasteiger partial charge in [-0.25, -0.2) is 0 Å². The van der Waals surface area contributed by atoms with Crippen molar-refractivity contribution < 1.29 is 9.59 Å². The van der Waals surface area contributed by atoms with Gasteiger partial charge in [0.05, 0.1) is 4.83 Å². The first-order valence-corrected chi connectivity index (χ1v) is 6.60. The van der Waals surface area contributed by atoms with Crippen LogP contribution in [0.5, 0.6) is 0 Å². The maximum atomic E-state index is 11.9. The van der Waals surface area contributed by atoms with E-state index in [4.69, 9.17) is 5.73 Å². The molecule has 4 nitrogen and oxygen atoms in total. The van der Waals surface area contributed by atoms with Crippen molar-refractivity contribution in [1.29, 1.82) is 0 Å². The quantitative estimate of drug-likeness (QED) is 0.838. The molecule has 0 spiro atoms. The molecule has 2 amide bonds. The van der Waals surface area contributed by atoms with Gasteiger partial charge in [0.2, 0.25) is 11.8 Å². The number of halogens is 1. The molecule has 0 aliphatic heterocycles. The summed E-state index contributed by atoms with van der Waals surface area (Å²) in [6.07, 6.45) is 0. The standard InChI is InChI=1S/C13H17BrN2O2/c1-7(2)11(14)13(18)16-10-5-4-9(12(15)17)6-8(10)3/h4-7,11H,1-3H3,(H2,15,17)(H,16,18). The number of primary amides is 1. The van der Waals surface area contributed by atoms with Crippen LogP contribution in [-0.4, -0.2) is 16.6 Å². The highest BCUT2D eigenvalue weighted by Gasteiger charge is 2.19. The van der Waals surface area contributed by atoms with Crippen LogP contribution in [-0.2, 0) is 4.79 Å². The minimum Gasteiger partial charge on any atom is -0.366 e. The lowest BCUT2D eigenvalue weighted by molar-refractivity contribution is -0.116. The number of hydrogen-bond acceptors (Lipinski definition) is 2. The van der Waals surface area contributed by atoms with Crippen LogP contribution in [0.3, 0.4) is 0 Å². The van der Waals surface area contributed by atoms with E-state index in [1.807, 2.05) is 20.8 Å². The van der Waals surface area contributed by atoms with Gasteiger partial charge in [-0.05, 0) is 36.6 Å². The molecule has 1 atom stereocenters. The molecule has 0 heterocycles. The van der Waals surface area contributed by atoms with E-state index in [1.165, 1.54) is 0 Å². The number of carbonyl (C=O) groups excluding carboxylic acids is 2. The number of anilines is 1. The zero-order valence-electron chi connectivity index (χ0n) is 10.7. The Hall–Kier alpha value is -1.36. The number of hydrogen-bond donors (Lipinski definition) is 2. The molecular weight excluding hydrogens is 296 g/mol. The third-order valence-electron chi connectivity index (χ3n) is 2.60. The summed E-state index contributed by atoms with van der Waals surface area (Å²) in [4.78, 5) is 22.6. The summed E-state index contributed by atoms with van der Waals surface area (Å²) >= 11 is 3.34. The third kappa shape index (κ3) is 3.57. The normalized spacial score (nSPS) is 12.3. The number of rotatable bonds is 4. The molecule has 1 aromatic carbocycles. The van der Waals surface area contributed by atoms with Crippen molar-refractivity contribution in [3.05, 3.63) is 29.3 Å². The van der Waals surface area contributed by atoms with Gasteiger partial charge >= 0.3 is 0 Å². The Bertz CT molecular complexity index is 472. The highest BCUT2D eigenvalue weighted by atomic mass is 79.9. The first kappa shape index (κ1) is 14.7. The summed E-state index contributed by atoms with van der Waals surface area (Å²) in [6.45, 7) is 5.74. The average Bonchev–Trinajstić information content (AvgIpc) is 2.30. The monoisotopic (exact) mass is 312 g/mol. The van der Waals surface area contributed by atoms with E-state index in [1.54, 1.807) is 18.2 Å². The molecule has 0 aliphatic rings. The number of amides is 2. The van der Waals surface area contributed by atoms with E-state index in [0.717, 1.165) is 5.56 Å². The van der Waals surface area contributed by atoms with E-state index < -0.39 is 5.91 Å². The van der Waals surface area contributed by atoms with Crippen LogP contribution in [0.25, 0.3) is 0 Å². The molecule has 0 fully saturated rings. The Kier molecular flexibility index (Phi) is 4.90. The van der Waals surface area contributed by atoms with Gasteiger partial charge in [0, 0.05) is 11.3 Å². The van der Waals surface area contributed by atoms with E-state index in [-0.39, 0.29) is 16.7 Å². The molecule has 3 N–H and O–H groups in total. The molecule has 0 saturated carbocycles. The summed E-state index contributed by atoms with van der Waals surface area (Å²) in [7, 11) is 0. The Morgan fingerprint density at radius 2 is 1.94 bits per heavy atom. The van der Waals surface area contributed by atoms with Gasteiger partial charge in [-0.1, -0.05) is 29.8 Å². The number of nitrogens with two attached hydrogens (primary N) is 1. The van der Waals surface area contributed by atoms with Gasteiger partial charge in [-0.15, -0.1) is 0 Å². The zero-order valence-corrected chi connectivity index (χ0v) is 12.2. The minimum atomic E-state index is -0.475. The Morgan fingerprint density at radius 1 is 1.33 bits per heavy atom. The van der Waals surface area contributed by atoms with Crippen molar-refractivity contribution in [2.24, 2.45) is 11.7 Å². The summed E-state index contributed by atoms with van der Waals surface area (Å²) in [5.74, 6) is -0.369. The number of alkyl halides is 1. The smallest absolute Gasteiger partial charge is 0.248 e. The number of carbonyl (C=O) groups is 2. The molecule has 1 rings (SSSR count). The van der Waals surface area contributed by atoms with E-state index in [0.29, 0.717) is 11.3 Å². The Labute approximate surface area is 115 Å². The van der Waals surface area contributed by atoms with Crippen molar-refractivity contribution in [3.8, 4) is 0 Å². The first-order valence-electron chi connectivity index (χ1n) is 5.68. The average molecular weight is 313 g/mol. The zero-order chi connectivity index (χ0) is 13.9. The molecule has 1 aromatic rings. The molecule has 0 aliphatic carbocycles. The third-order valence-corrected chi connectivity index (χ3v) is 4.08. The van der Waals surface area contributed by atoms with Crippen molar-refractivity contribution in [2.75, 3.05) is 5.32 Å². The van der Waals surface area contributed by atoms with Crippen molar-refractivity contribution in [1.82, 2.24) is 0 Å². The van der Waals surface area contributed by atoms with Gasteiger partial charge < -0.3 is 11.1 Å². The second kappa shape index (κ2) is 6.00. The number of aryl methyl sites for hydroxylation is 1. The lowest BCUT2D eigenvalue weighted by Crippen LogP contribution is -2.27. The molecule has 0 radical (unpaired) electrons. The van der Waals surface area contributed by atoms with Gasteiger partial charge in [-0.2, -0.15) is 0 Å². The predicted molar refractivity (Wildman–Crippen MR) is 75.9 cm³/mol. The molecule has 0 saturated heterocycles. The largest absolute Gasteiger partial charge is 0.366 e. The van der Waals surface area contributed by atoms with Gasteiger partial charge in [-0.3, -0.25) is 9.59 Å². The van der Waals surface area contributed by atoms with Gasteiger partial charge in [0.15, 0.2) is 0 Å². The van der Waals surface area contributed by atoms with Crippen molar-refractivity contribution >= 4 is 33.4 Å². The van der Waals surface area contributed by atoms with E-state index in [9.17, 15) is 9.59 Å². The second-order valence-electron chi connectivity index (χ2n) is 4.53. The SMILES string of the molecule is Cc1cc(C(N)=O)ccc1NC(=O)C(Br)C(C)C. The maximum absolute atomic E-state index is 11.9. The summed E-state index contributed by atoms with van der Waals surface area (Å²) < 4.78 is 0. The highest BCUT2D eigenvalue weighted by molar-refractivity contribution is 9.10. The molecule has 1 unspecified atom stereocenters. The van der Waals surface area contributed by atoms with Crippen LogP contribution in [0.2, 0.25) is 0 Å². The summed E-state index contributed by atoms with van der Waals surface area (Å²) in [6, 6.07) is 4.95. The highest BCUT2D eigenvalue weighted by Crippen LogP contribution is 2.19. The van der Waals surface area contributed by atoms with Gasteiger partial charge in [0.25, 0.3) is 0 Å². The fourth-order valence-corrected chi connectivity index (χ4v) is 1.58. The predicted octanol–water partition coefficient (Wildman–Crippen LogP) is 2.45. The molecule has 98 valence electrons. The van der Waals surface area contributed by atoms with Crippen LogP contribution in [0.15, 0.2) is 18.2 Å². The summed E-state index contributed by atoms with van der Waals surface area (Å²) in [5, 5.41) is 2.82. The Balaban J connectivity index is 2.86. The molecule has 5 heteroatoms. The fourth-order valence-electron chi connectivity index (χ4n) is 1.46. The summed E-state index contributed by atoms with van der Waals surface area (Å²) in [5.41, 5.74) is 7.12. The van der Waals surface area contributed by atoms with E-state index >= 15 is 0 Å². The van der Waals surface area contributed by atoms with Crippen LogP contribution in [0.1, 0.15) is 29.8 Å². The number of benzene rings is 1. The van der Waals surface area contributed by atoms with Gasteiger partial charge in [0.1, 0.15) is 0 Å². The topological polar surface area (TPSA) is 72.2 Å². The van der Waals surface area contributed by atoms with Crippen molar-refractivity contribution in [3.63, 3.8) is 0 Å². The maximum Gasteiger partial charge on any atom is 0.248 e. The minimum absolute atomic E-state index is 0.0973. The fraction of sp³-hybridized carbons (Fsp3) is 0.385. The first-order chi connectivity index (χ1) is 8.32. The second-order valence-corrected chi connectivity index (χ2v) is 5.52. The van der Waals surface area contributed by atoms with Crippen LogP contribution in [0, 0.1) is 12.8 Å². The van der Waals surface area contributed by atoms with Crippen LogP contribution in [0.4, 0.5) is 5.69 Å². The van der Waals surface area contributed by atoms with Crippen molar-refractivity contribution in [2.45, 2.75) is 25.6 Å². The lowest BCUT2D eigenvalue weighted by Gasteiger charge is -2.15. The molecule has 0 aromatic heterocycles. The van der Waals surface area contributed by atoms with Crippen LogP contribution >= 0.6 is 15.9 Å². The Morgan fingerprint density at radius 3 is 2.39 bits per heavy atom. The molecule has 18 heavy (non-hydrogen) atoms. The molecular formula is C13H17BrN2O2. The number of nitrogens with one attached hydrogen (secondary N) is 1. The lowest BCUT2D eigenvalue weighted by atomic mass is 10.1. The molecule has 0 bridgehead atoms.